The van der Waals surface area contributed by atoms with Gasteiger partial charge < -0.3 is 10.1 Å². The zero-order valence-corrected chi connectivity index (χ0v) is 18.5. The van der Waals surface area contributed by atoms with Gasteiger partial charge in [0.25, 0.3) is 5.56 Å². The summed E-state index contributed by atoms with van der Waals surface area (Å²) >= 11 is 0. The molecule has 0 aliphatic heterocycles. The molecule has 0 fully saturated rings. The first kappa shape index (κ1) is 23.8. The number of fused-ring (bicyclic) bond motifs is 1. The molecule has 1 N–H and O–H groups in total. The molecular weight excluding hydrogens is 463 g/mol. The summed E-state index contributed by atoms with van der Waals surface area (Å²) in [4.78, 5) is 39.1. The molecule has 180 valence electrons. The number of hydrogen-bond donors (Lipinski definition) is 1. The van der Waals surface area contributed by atoms with E-state index in [2.05, 4.69) is 5.32 Å². The Kier molecular flexibility index (Phi) is 6.46. The van der Waals surface area contributed by atoms with Gasteiger partial charge in [0.15, 0.2) is 0 Å². The Hall–Kier alpha value is -4.34. The van der Waals surface area contributed by atoms with Crippen LogP contribution in [0, 0.1) is 0 Å². The van der Waals surface area contributed by atoms with Gasteiger partial charge in [0.05, 0.1) is 29.3 Å². The van der Waals surface area contributed by atoms with E-state index in [1.54, 1.807) is 48.5 Å². The molecule has 7 nitrogen and oxygen atoms in total. The number of hydrogen-bond acceptors (Lipinski definition) is 4. The molecule has 10 heteroatoms. The van der Waals surface area contributed by atoms with Crippen molar-refractivity contribution in [3.63, 3.8) is 0 Å². The molecule has 0 aliphatic carbocycles. The molecule has 1 aromatic heterocycles. The number of halogens is 3. The fourth-order valence-corrected chi connectivity index (χ4v) is 3.69. The van der Waals surface area contributed by atoms with Gasteiger partial charge in [-0.3, -0.25) is 14.2 Å². The normalized spacial score (nSPS) is 11.4. The summed E-state index contributed by atoms with van der Waals surface area (Å²) in [7, 11) is 1.49. The molecule has 0 spiro atoms. The predicted molar refractivity (Wildman–Crippen MR) is 124 cm³/mol. The minimum absolute atomic E-state index is 0.159. The third-order valence-electron chi connectivity index (χ3n) is 5.43. The molecule has 0 bridgehead atoms. The Labute approximate surface area is 197 Å². The number of para-hydroxylation sites is 1. The molecule has 0 atom stereocenters. The van der Waals surface area contributed by atoms with Crippen molar-refractivity contribution in [2.45, 2.75) is 19.3 Å². The molecule has 0 saturated heterocycles. The molecule has 0 aliphatic rings. The van der Waals surface area contributed by atoms with Gasteiger partial charge in [-0.05, 0) is 54.1 Å². The van der Waals surface area contributed by atoms with Crippen molar-refractivity contribution in [2.24, 2.45) is 0 Å². The summed E-state index contributed by atoms with van der Waals surface area (Å²) in [6.07, 6.45) is -4.50. The zero-order chi connectivity index (χ0) is 25.2. The average Bonchev–Trinajstić information content (AvgIpc) is 2.85. The van der Waals surface area contributed by atoms with Gasteiger partial charge in [0.2, 0.25) is 5.91 Å². The highest BCUT2D eigenvalue weighted by Crippen LogP contribution is 2.29. The monoisotopic (exact) mass is 483 g/mol. The van der Waals surface area contributed by atoms with Gasteiger partial charge in [-0.25, -0.2) is 9.36 Å². The zero-order valence-electron chi connectivity index (χ0n) is 18.5. The van der Waals surface area contributed by atoms with Crippen molar-refractivity contribution in [1.82, 2.24) is 14.5 Å². The number of carbonyl (C=O) groups excluding carboxylic acids is 1. The summed E-state index contributed by atoms with van der Waals surface area (Å²) in [6.45, 7) is -0.595. The Bertz CT molecular complexity index is 1510. The first-order valence-corrected chi connectivity index (χ1v) is 10.5. The van der Waals surface area contributed by atoms with E-state index in [0.29, 0.717) is 11.4 Å². The van der Waals surface area contributed by atoms with Crippen LogP contribution in [-0.4, -0.2) is 22.2 Å². The number of rotatable bonds is 6. The SMILES string of the molecule is COc1ccc(-n2c(=O)c3ccccc3n(CC(=O)NCc3cccc(C(F)(F)F)c3)c2=O)cc1. The molecule has 35 heavy (non-hydrogen) atoms. The van der Waals surface area contributed by atoms with E-state index < -0.39 is 35.4 Å². The molecule has 0 radical (unpaired) electrons. The number of carbonyl (C=O) groups is 1. The van der Waals surface area contributed by atoms with Crippen LogP contribution >= 0.6 is 0 Å². The van der Waals surface area contributed by atoms with Crippen molar-refractivity contribution < 1.29 is 22.7 Å². The maximum Gasteiger partial charge on any atom is 0.416 e. The quantitative estimate of drug-likeness (QED) is 0.455. The number of nitrogens with one attached hydrogen (secondary N) is 1. The van der Waals surface area contributed by atoms with Crippen LogP contribution in [0.3, 0.4) is 0 Å². The lowest BCUT2D eigenvalue weighted by Gasteiger charge is -2.15. The molecule has 1 amide bonds. The third-order valence-corrected chi connectivity index (χ3v) is 5.43. The average molecular weight is 483 g/mol. The van der Waals surface area contributed by atoms with Gasteiger partial charge in [0, 0.05) is 6.54 Å². The summed E-state index contributed by atoms with van der Waals surface area (Å²) in [5.74, 6) is -0.0634. The Morgan fingerprint density at radius 3 is 2.37 bits per heavy atom. The molecular formula is C25H20F3N3O4. The molecule has 4 rings (SSSR count). The second-order valence-electron chi connectivity index (χ2n) is 7.70. The van der Waals surface area contributed by atoms with Crippen molar-refractivity contribution in [2.75, 3.05) is 7.11 Å². The van der Waals surface area contributed by atoms with E-state index >= 15 is 0 Å². The molecule has 3 aromatic carbocycles. The van der Waals surface area contributed by atoms with E-state index in [4.69, 9.17) is 4.74 Å². The summed E-state index contributed by atoms with van der Waals surface area (Å²) in [5, 5.41) is 2.77. The van der Waals surface area contributed by atoms with Gasteiger partial charge in [-0.2, -0.15) is 13.2 Å². The lowest BCUT2D eigenvalue weighted by atomic mass is 10.1. The summed E-state index contributed by atoms with van der Waals surface area (Å²) in [6, 6.07) is 17.3. The van der Waals surface area contributed by atoms with Crippen molar-refractivity contribution in [1.29, 1.82) is 0 Å². The second kappa shape index (κ2) is 9.49. The molecule has 4 aromatic rings. The lowest BCUT2D eigenvalue weighted by molar-refractivity contribution is -0.137. The standard InChI is InChI=1S/C25H20F3N3O4/c1-35-19-11-9-18(10-12-19)31-23(33)20-7-2-3-8-21(20)30(24(31)34)15-22(32)29-14-16-5-4-6-17(13-16)25(26,27)28/h2-13H,14-15H2,1H3,(H,29,32). The number of amides is 1. The van der Waals surface area contributed by atoms with Crippen LogP contribution in [0.4, 0.5) is 13.2 Å². The fraction of sp³-hybridized carbons (Fsp3) is 0.160. The maximum atomic E-state index is 13.3. The van der Waals surface area contributed by atoms with E-state index in [1.807, 2.05) is 0 Å². The Balaban J connectivity index is 1.67. The van der Waals surface area contributed by atoms with Gasteiger partial charge in [0.1, 0.15) is 12.3 Å². The maximum absolute atomic E-state index is 13.3. The van der Waals surface area contributed by atoms with Crippen LogP contribution in [0.25, 0.3) is 16.6 Å². The Morgan fingerprint density at radius 2 is 1.69 bits per heavy atom. The summed E-state index contributed by atoms with van der Waals surface area (Å²) in [5.41, 5.74) is -1.28. The van der Waals surface area contributed by atoms with Gasteiger partial charge in [-0.1, -0.05) is 24.3 Å². The van der Waals surface area contributed by atoms with Crippen LogP contribution in [0.15, 0.2) is 82.4 Å². The first-order chi connectivity index (χ1) is 16.7. The van der Waals surface area contributed by atoms with Gasteiger partial charge in [-0.15, -0.1) is 0 Å². The Morgan fingerprint density at radius 1 is 0.971 bits per heavy atom. The minimum atomic E-state index is -4.50. The van der Waals surface area contributed by atoms with E-state index in [1.165, 1.54) is 19.2 Å². The van der Waals surface area contributed by atoms with Crippen LogP contribution in [-0.2, 0) is 24.1 Å². The molecule has 0 saturated carbocycles. The highest BCUT2D eigenvalue weighted by Gasteiger charge is 2.30. The number of aromatic nitrogens is 2. The van der Waals surface area contributed by atoms with Crippen molar-refractivity contribution in [3.05, 3.63) is 105 Å². The number of methoxy groups -OCH3 is 1. The topological polar surface area (TPSA) is 82.3 Å². The van der Waals surface area contributed by atoms with Crippen LogP contribution in [0.2, 0.25) is 0 Å². The number of nitrogens with zero attached hydrogens (tertiary/aromatic N) is 2. The summed E-state index contributed by atoms with van der Waals surface area (Å²) < 4.78 is 46.0. The van der Waals surface area contributed by atoms with E-state index in [-0.39, 0.29) is 23.0 Å². The lowest BCUT2D eigenvalue weighted by Crippen LogP contribution is -2.41. The van der Waals surface area contributed by atoms with Crippen molar-refractivity contribution >= 4 is 16.8 Å². The smallest absolute Gasteiger partial charge is 0.416 e. The highest BCUT2D eigenvalue weighted by molar-refractivity contribution is 5.82. The van der Waals surface area contributed by atoms with Crippen LogP contribution in [0.1, 0.15) is 11.1 Å². The van der Waals surface area contributed by atoms with E-state index in [0.717, 1.165) is 21.3 Å². The molecule has 0 unspecified atom stereocenters. The van der Waals surface area contributed by atoms with E-state index in [9.17, 15) is 27.6 Å². The second-order valence-corrected chi connectivity index (χ2v) is 7.70. The fourth-order valence-electron chi connectivity index (χ4n) is 3.69. The highest BCUT2D eigenvalue weighted by atomic mass is 19.4. The van der Waals surface area contributed by atoms with Gasteiger partial charge >= 0.3 is 11.9 Å². The van der Waals surface area contributed by atoms with Crippen molar-refractivity contribution in [3.8, 4) is 11.4 Å². The van der Waals surface area contributed by atoms with Crippen LogP contribution < -0.4 is 21.3 Å². The number of ether oxygens (including phenoxy) is 1. The number of alkyl halides is 3. The first-order valence-electron chi connectivity index (χ1n) is 10.5. The largest absolute Gasteiger partial charge is 0.497 e. The number of benzene rings is 3. The van der Waals surface area contributed by atoms with Crippen LogP contribution in [0.5, 0.6) is 5.75 Å². The third kappa shape index (κ3) is 4.96. The minimum Gasteiger partial charge on any atom is -0.497 e. The predicted octanol–water partition coefficient (Wildman–Crippen LogP) is 3.50. The molecule has 1 heterocycles.